The Morgan fingerprint density at radius 3 is 2.80 bits per heavy atom. The second kappa shape index (κ2) is 4.50. The zero-order chi connectivity index (χ0) is 10.7. The topological polar surface area (TPSA) is 40.2 Å². The SMILES string of the molecule is CC1CCN([C@H](C#N)c2ccco2)CC1. The molecule has 0 spiro atoms. The molecule has 1 atom stereocenters. The van der Waals surface area contributed by atoms with Crippen LogP contribution in [0.3, 0.4) is 0 Å². The lowest BCUT2D eigenvalue weighted by Gasteiger charge is -2.32. The molecule has 0 aromatic carbocycles. The summed E-state index contributed by atoms with van der Waals surface area (Å²) in [5.41, 5.74) is 0. The van der Waals surface area contributed by atoms with E-state index in [9.17, 15) is 0 Å². The van der Waals surface area contributed by atoms with Gasteiger partial charge in [-0.15, -0.1) is 0 Å². The predicted molar refractivity (Wildman–Crippen MR) is 57.0 cm³/mol. The molecule has 1 saturated heterocycles. The highest BCUT2D eigenvalue weighted by atomic mass is 16.3. The van der Waals surface area contributed by atoms with Crippen molar-refractivity contribution in [2.45, 2.75) is 25.8 Å². The van der Waals surface area contributed by atoms with Crippen molar-refractivity contribution in [1.29, 1.82) is 5.26 Å². The van der Waals surface area contributed by atoms with Gasteiger partial charge in [-0.05, 0) is 30.9 Å². The summed E-state index contributed by atoms with van der Waals surface area (Å²) in [5.74, 6) is 1.56. The molecule has 1 aliphatic heterocycles. The molecule has 80 valence electrons. The number of furan rings is 1. The fourth-order valence-corrected chi connectivity index (χ4v) is 2.06. The van der Waals surface area contributed by atoms with Crippen molar-refractivity contribution in [3.05, 3.63) is 24.2 Å². The Morgan fingerprint density at radius 2 is 2.27 bits per heavy atom. The lowest BCUT2D eigenvalue weighted by atomic mass is 9.98. The third-order valence-corrected chi connectivity index (χ3v) is 3.12. The monoisotopic (exact) mass is 204 g/mol. The van der Waals surface area contributed by atoms with E-state index < -0.39 is 0 Å². The average Bonchev–Trinajstić information content (AvgIpc) is 2.75. The first-order valence-electron chi connectivity index (χ1n) is 5.48. The molecule has 0 unspecified atom stereocenters. The van der Waals surface area contributed by atoms with Crippen molar-refractivity contribution in [3.63, 3.8) is 0 Å². The van der Waals surface area contributed by atoms with Gasteiger partial charge in [0, 0.05) is 13.1 Å². The molecule has 1 fully saturated rings. The minimum absolute atomic E-state index is 0.201. The molecule has 15 heavy (non-hydrogen) atoms. The Balaban J connectivity index is 2.05. The summed E-state index contributed by atoms with van der Waals surface area (Å²) in [5, 5.41) is 9.16. The molecule has 0 aliphatic carbocycles. The third-order valence-electron chi connectivity index (χ3n) is 3.12. The van der Waals surface area contributed by atoms with Crippen LogP contribution in [0.5, 0.6) is 0 Å². The normalized spacial score (nSPS) is 21.1. The molecule has 3 heteroatoms. The van der Waals surface area contributed by atoms with Crippen LogP contribution in [0, 0.1) is 17.2 Å². The van der Waals surface area contributed by atoms with Crippen LogP contribution in [0.15, 0.2) is 22.8 Å². The quantitative estimate of drug-likeness (QED) is 0.743. The van der Waals surface area contributed by atoms with Crippen molar-refractivity contribution in [1.82, 2.24) is 4.90 Å². The summed E-state index contributed by atoms with van der Waals surface area (Å²) in [6.07, 6.45) is 3.99. The van der Waals surface area contributed by atoms with Crippen LogP contribution < -0.4 is 0 Å². The number of hydrogen-bond acceptors (Lipinski definition) is 3. The van der Waals surface area contributed by atoms with Gasteiger partial charge in [0.15, 0.2) is 6.04 Å². The molecule has 3 nitrogen and oxygen atoms in total. The Labute approximate surface area is 90.3 Å². The average molecular weight is 204 g/mol. The van der Waals surface area contributed by atoms with Crippen LogP contribution in [0.1, 0.15) is 31.6 Å². The van der Waals surface area contributed by atoms with Gasteiger partial charge in [0.25, 0.3) is 0 Å². The maximum absolute atomic E-state index is 9.16. The molecule has 1 aromatic heterocycles. The van der Waals surface area contributed by atoms with Crippen molar-refractivity contribution in [2.24, 2.45) is 5.92 Å². The van der Waals surface area contributed by atoms with Crippen molar-refractivity contribution in [3.8, 4) is 6.07 Å². The fourth-order valence-electron chi connectivity index (χ4n) is 2.06. The number of rotatable bonds is 2. The lowest BCUT2D eigenvalue weighted by Crippen LogP contribution is -2.35. The second-order valence-electron chi connectivity index (χ2n) is 4.27. The number of nitriles is 1. The van der Waals surface area contributed by atoms with Gasteiger partial charge in [0.2, 0.25) is 0 Å². The van der Waals surface area contributed by atoms with E-state index in [2.05, 4.69) is 17.9 Å². The first-order chi connectivity index (χ1) is 7.31. The Hall–Kier alpha value is -1.27. The maximum Gasteiger partial charge on any atom is 0.156 e. The smallest absolute Gasteiger partial charge is 0.156 e. The summed E-state index contributed by atoms with van der Waals surface area (Å²) in [4.78, 5) is 2.21. The maximum atomic E-state index is 9.16. The molecular formula is C12H16N2O. The zero-order valence-corrected chi connectivity index (χ0v) is 9.02. The van der Waals surface area contributed by atoms with Crippen LogP contribution in [0.25, 0.3) is 0 Å². The van der Waals surface area contributed by atoms with E-state index in [0.717, 1.165) is 24.8 Å². The minimum Gasteiger partial charge on any atom is -0.467 e. The van der Waals surface area contributed by atoms with E-state index >= 15 is 0 Å². The molecule has 1 aromatic rings. The number of nitrogens with zero attached hydrogens (tertiary/aromatic N) is 2. The number of piperidine rings is 1. The minimum atomic E-state index is -0.201. The molecule has 1 aliphatic rings. The first kappa shape index (κ1) is 10.3. The van der Waals surface area contributed by atoms with E-state index in [0.29, 0.717) is 0 Å². The van der Waals surface area contributed by atoms with E-state index in [1.807, 2.05) is 12.1 Å². The highest BCUT2D eigenvalue weighted by molar-refractivity contribution is 5.13. The van der Waals surface area contributed by atoms with Crippen molar-refractivity contribution < 1.29 is 4.42 Å². The molecule has 0 N–H and O–H groups in total. The van der Waals surface area contributed by atoms with Crippen LogP contribution in [0.2, 0.25) is 0 Å². The molecular weight excluding hydrogens is 188 g/mol. The Kier molecular flexibility index (Phi) is 3.08. The van der Waals surface area contributed by atoms with E-state index in [4.69, 9.17) is 9.68 Å². The largest absolute Gasteiger partial charge is 0.467 e. The van der Waals surface area contributed by atoms with Gasteiger partial charge >= 0.3 is 0 Å². The molecule has 0 amide bonds. The Morgan fingerprint density at radius 1 is 1.53 bits per heavy atom. The predicted octanol–water partition coefficient (Wildman–Crippen LogP) is 2.58. The summed E-state index contributed by atoms with van der Waals surface area (Å²) in [7, 11) is 0. The van der Waals surface area contributed by atoms with Crippen LogP contribution >= 0.6 is 0 Å². The van der Waals surface area contributed by atoms with Gasteiger partial charge in [0.05, 0.1) is 12.3 Å². The van der Waals surface area contributed by atoms with Crippen LogP contribution in [-0.2, 0) is 0 Å². The van der Waals surface area contributed by atoms with Crippen LogP contribution in [0.4, 0.5) is 0 Å². The van der Waals surface area contributed by atoms with E-state index in [1.165, 1.54) is 12.8 Å². The van der Waals surface area contributed by atoms with Gasteiger partial charge in [-0.3, -0.25) is 4.90 Å². The fraction of sp³-hybridized carbons (Fsp3) is 0.583. The van der Waals surface area contributed by atoms with Gasteiger partial charge < -0.3 is 4.42 Å². The summed E-state index contributed by atoms with van der Waals surface area (Å²) >= 11 is 0. The lowest BCUT2D eigenvalue weighted by molar-refractivity contribution is 0.152. The highest BCUT2D eigenvalue weighted by Crippen LogP contribution is 2.26. The number of likely N-dealkylation sites (tertiary alicyclic amines) is 1. The van der Waals surface area contributed by atoms with Crippen molar-refractivity contribution in [2.75, 3.05) is 13.1 Å². The highest BCUT2D eigenvalue weighted by Gasteiger charge is 2.25. The van der Waals surface area contributed by atoms with Gasteiger partial charge in [-0.25, -0.2) is 0 Å². The van der Waals surface area contributed by atoms with Crippen LogP contribution in [-0.4, -0.2) is 18.0 Å². The summed E-state index contributed by atoms with van der Waals surface area (Å²) < 4.78 is 5.30. The first-order valence-corrected chi connectivity index (χ1v) is 5.48. The molecule has 0 radical (unpaired) electrons. The van der Waals surface area contributed by atoms with Crippen molar-refractivity contribution >= 4 is 0 Å². The van der Waals surface area contributed by atoms with E-state index in [-0.39, 0.29) is 6.04 Å². The summed E-state index contributed by atoms with van der Waals surface area (Å²) in [6.45, 7) is 4.27. The Bertz CT molecular complexity index is 331. The van der Waals surface area contributed by atoms with E-state index in [1.54, 1.807) is 6.26 Å². The van der Waals surface area contributed by atoms with Gasteiger partial charge in [0.1, 0.15) is 5.76 Å². The molecule has 2 heterocycles. The third kappa shape index (κ3) is 2.21. The van der Waals surface area contributed by atoms with Gasteiger partial charge in [-0.2, -0.15) is 5.26 Å². The van der Waals surface area contributed by atoms with Gasteiger partial charge in [-0.1, -0.05) is 6.92 Å². The molecule has 0 bridgehead atoms. The molecule has 2 rings (SSSR count). The second-order valence-corrected chi connectivity index (χ2v) is 4.27. The number of hydrogen-bond donors (Lipinski definition) is 0. The summed E-state index contributed by atoms with van der Waals surface area (Å²) in [6, 6.07) is 5.84. The zero-order valence-electron chi connectivity index (χ0n) is 9.02. The standard InChI is InChI=1S/C12H16N2O/c1-10-4-6-14(7-5-10)11(9-13)12-3-2-8-15-12/h2-3,8,10-11H,4-7H2,1H3/t11-/m1/s1. The molecule has 0 saturated carbocycles.